The first kappa shape index (κ1) is 11.3. The number of anilines is 2. The fourth-order valence-corrected chi connectivity index (χ4v) is 2.82. The molecule has 0 bridgehead atoms. The molecule has 0 fully saturated rings. The number of hydrogen-bond donors (Lipinski definition) is 0. The zero-order valence-corrected chi connectivity index (χ0v) is 11.3. The van der Waals surface area contributed by atoms with E-state index in [1.165, 1.54) is 11.3 Å². The van der Waals surface area contributed by atoms with E-state index in [1.54, 1.807) is 0 Å². The third-order valence-electron chi connectivity index (χ3n) is 3.27. The summed E-state index contributed by atoms with van der Waals surface area (Å²) < 4.78 is 0.854. The van der Waals surface area contributed by atoms with E-state index in [0.717, 1.165) is 23.1 Å². The summed E-state index contributed by atoms with van der Waals surface area (Å²) >= 11 is 3.45. The summed E-state index contributed by atoms with van der Waals surface area (Å²) in [5, 5.41) is 8.94. The maximum absolute atomic E-state index is 8.94. The number of halogens is 1. The van der Waals surface area contributed by atoms with Crippen LogP contribution in [0.5, 0.6) is 0 Å². The number of hydrogen-bond acceptors (Lipinski definition) is 2. The van der Waals surface area contributed by atoms with Crippen molar-refractivity contribution in [2.24, 2.45) is 0 Å². The van der Waals surface area contributed by atoms with Crippen molar-refractivity contribution in [1.82, 2.24) is 0 Å². The van der Waals surface area contributed by atoms with Crippen molar-refractivity contribution >= 4 is 27.3 Å². The van der Waals surface area contributed by atoms with Gasteiger partial charge in [0.2, 0.25) is 0 Å². The Hall–Kier alpha value is -1.79. The Balaban J connectivity index is 2.03. The van der Waals surface area contributed by atoms with Crippen LogP contribution in [0.25, 0.3) is 0 Å². The van der Waals surface area contributed by atoms with Crippen LogP contribution in [-0.4, -0.2) is 6.54 Å². The van der Waals surface area contributed by atoms with Crippen LogP contribution >= 0.6 is 15.9 Å². The quantitative estimate of drug-likeness (QED) is 0.795. The zero-order chi connectivity index (χ0) is 12.5. The van der Waals surface area contributed by atoms with Gasteiger partial charge < -0.3 is 4.90 Å². The van der Waals surface area contributed by atoms with Gasteiger partial charge in [-0.05, 0) is 52.2 Å². The van der Waals surface area contributed by atoms with E-state index in [2.05, 4.69) is 51.2 Å². The number of nitriles is 1. The monoisotopic (exact) mass is 298 g/mol. The fourth-order valence-electron chi connectivity index (χ4n) is 2.37. The Bertz CT molecular complexity index is 643. The largest absolute Gasteiger partial charge is 0.341 e. The van der Waals surface area contributed by atoms with E-state index in [4.69, 9.17) is 5.26 Å². The van der Waals surface area contributed by atoms with E-state index < -0.39 is 0 Å². The van der Waals surface area contributed by atoms with E-state index >= 15 is 0 Å². The fraction of sp³-hybridized carbons (Fsp3) is 0.133. The lowest BCUT2D eigenvalue weighted by molar-refractivity contribution is 0.998. The molecule has 2 nitrogen and oxygen atoms in total. The first-order chi connectivity index (χ1) is 8.79. The summed E-state index contributed by atoms with van der Waals surface area (Å²) in [6.45, 7) is 0.998. The number of benzene rings is 2. The molecule has 3 rings (SSSR count). The van der Waals surface area contributed by atoms with Crippen LogP contribution in [0.1, 0.15) is 11.1 Å². The molecule has 1 aliphatic heterocycles. The van der Waals surface area contributed by atoms with Gasteiger partial charge in [0, 0.05) is 22.4 Å². The molecule has 0 N–H and O–H groups in total. The van der Waals surface area contributed by atoms with E-state index in [9.17, 15) is 0 Å². The number of para-hydroxylation sites is 1. The molecule has 0 saturated heterocycles. The molecular weight excluding hydrogens is 288 g/mol. The minimum absolute atomic E-state index is 0.672. The first-order valence-electron chi connectivity index (χ1n) is 5.84. The van der Waals surface area contributed by atoms with Crippen molar-refractivity contribution in [1.29, 1.82) is 5.26 Å². The zero-order valence-electron chi connectivity index (χ0n) is 9.73. The molecule has 0 radical (unpaired) electrons. The van der Waals surface area contributed by atoms with Crippen molar-refractivity contribution in [3.05, 3.63) is 58.1 Å². The second kappa shape index (κ2) is 4.47. The maximum Gasteiger partial charge on any atom is 0.100 e. The number of rotatable bonds is 1. The second-order valence-electron chi connectivity index (χ2n) is 4.31. The van der Waals surface area contributed by atoms with Gasteiger partial charge in [-0.2, -0.15) is 5.26 Å². The van der Waals surface area contributed by atoms with Gasteiger partial charge in [-0.3, -0.25) is 0 Å². The summed E-state index contributed by atoms with van der Waals surface area (Å²) in [5.74, 6) is 0. The van der Waals surface area contributed by atoms with Crippen molar-refractivity contribution in [2.75, 3.05) is 11.4 Å². The SMILES string of the molecule is N#Cc1ccc(N2CCc3ccccc32)cc1Br. The number of nitrogens with zero attached hydrogens (tertiary/aromatic N) is 2. The van der Waals surface area contributed by atoms with Crippen LogP contribution in [0.15, 0.2) is 46.9 Å². The Morgan fingerprint density at radius 2 is 2.00 bits per heavy atom. The van der Waals surface area contributed by atoms with Crippen molar-refractivity contribution in [3.8, 4) is 6.07 Å². The molecule has 88 valence electrons. The van der Waals surface area contributed by atoms with Crippen LogP contribution in [-0.2, 0) is 6.42 Å². The Labute approximate surface area is 115 Å². The highest BCUT2D eigenvalue weighted by Crippen LogP contribution is 2.35. The molecule has 18 heavy (non-hydrogen) atoms. The lowest BCUT2D eigenvalue weighted by atomic mass is 10.1. The molecule has 0 aromatic heterocycles. The highest BCUT2D eigenvalue weighted by atomic mass is 79.9. The summed E-state index contributed by atoms with van der Waals surface area (Å²) in [5.41, 5.74) is 4.46. The van der Waals surface area contributed by atoms with Gasteiger partial charge in [-0.1, -0.05) is 18.2 Å². The van der Waals surface area contributed by atoms with Crippen LogP contribution < -0.4 is 4.90 Å². The summed E-state index contributed by atoms with van der Waals surface area (Å²) in [6.07, 6.45) is 1.08. The molecule has 0 aliphatic carbocycles. The molecule has 0 unspecified atom stereocenters. The van der Waals surface area contributed by atoms with Gasteiger partial charge in [-0.25, -0.2) is 0 Å². The van der Waals surface area contributed by atoms with Gasteiger partial charge in [0.1, 0.15) is 6.07 Å². The van der Waals surface area contributed by atoms with Gasteiger partial charge >= 0.3 is 0 Å². The normalized spacial score (nSPS) is 13.2. The topological polar surface area (TPSA) is 27.0 Å². The Morgan fingerprint density at radius 1 is 1.17 bits per heavy atom. The van der Waals surface area contributed by atoms with Crippen molar-refractivity contribution < 1.29 is 0 Å². The molecule has 2 aromatic carbocycles. The standard InChI is InChI=1S/C15H11BrN2/c16-14-9-13(6-5-12(14)10-17)18-8-7-11-3-1-2-4-15(11)18/h1-6,9H,7-8H2. The Morgan fingerprint density at radius 3 is 2.78 bits per heavy atom. The van der Waals surface area contributed by atoms with Gasteiger partial charge in [0.25, 0.3) is 0 Å². The minimum atomic E-state index is 0.672. The second-order valence-corrected chi connectivity index (χ2v) is 5.16. The van der Waals surface area contributed by atoms with Crippen LogP contribution in [0.3, 0.4) is 0 Å². The molecular formula is C15H11BrN2. The lowest BCUT2D eigenvalue weighted by Crippen LogP contribution is -2.13. The summed E-state index contributed by atoms with van der Waals surface area (Å²) in [6, 6.07) is 16.5. The van der Waals surface area contributed by atoms with Gasteiger partial charge in [0.15, 0.2) is 0 Å². The third kappa shape index (κ3) is 1.79. The van der Waals surface area contributed by atoms with Gasteiger partial charge in [-0.15, -0.1) is 0 Å². The third-order valence-corrected chi connectivity index (χ3v) is 3.93. The molecule has 0 spiro atoms. The predicted molar refractivity (Wildman–Crippen MR) is 76.0 cm³/mol. The minimum Gasteiger partial charge on any atom is -0.341 e. The molecule has 0 saturated carbocycles. The van der Waals surface area contributed by atoms with Crippen LogP contribution in [0.2, 0.25) is 0 Å². The first-order valence-corrected chi connectivity index (χ1v) is 6.64. The summed E-state index contributed by atoms with van der Waals surface area (Å²) in [4.78, 5) is 2.29. The van der Waals surface area contributed by atoms with Crippen molar-refractivity contribution in [2.45, 2.75) is 6.42 Å². The molecule has 0 amide bonds. The number of fused-ring (bicyclic) bond motifs is 1. The highest BCUT2D eigenvalue weighted by molar-refractivity contribution is 9.10. The van der Waals surface area contributed by atoms with Crippen LogP contribution in [0.4, 0.5) is 11.4 Å². The van der Waals surface area contributed by atoms with Crippen molar-refractivity contribution in [3.63, 3.8) is 0 Å². The predicted octanol–water partition coefficient (Wildman–Crippen LogP) is 4.01. The van der Waals surface area contributed by atoms with E-state index in [1.807, 2.05) is 18.2 Å². The molecule has 2 aromatic rings. The lowest BCUT2D eigenvalue weighted by Gasteiger charge is -2.20. The molecule has 0 atom stereocenters. The molecule has 3 heteroatoms. The molecule has 1 heterocycles. The average Bonchev–Trinajstić information content (AvgIpc) is 2.82. The summed E-state index contributed by atoms with van der Waals surface area (Å²) in [7, 11) is 0. The van der Waals surface area contributed by atoms with Gasteiger partial charge in [0.05, 0.1) is 5.56 Å². The average molecular weight is 299 g/mol. The smallest absolute Gasteiger partial charge is 0.100 e. The molecule has 1 aliphatic rings. The van der Waals surface area contributed by atoms with E-state index in [-0.39, 0.29) is 0 Å². The van der Waals surface area contributed by atoms with E-state index in [0.29, 0.717) is 5.56 Å². The van der Waals surface area contributed by atoms with Crippen LogP contribution in [0, 0.1) is 11.3 Å². The maximum atomic E-state index is 8.94. The highest BCUT2D eigenvalue weighted by Gasteiger charge is 2.20. The Kier molecular flexibility index (Phi) is 2.81.